The molecule has 5 heteroatoms. The van der Waals surface area contributed by atoms with Crippen LogP contribution in [0.5, 0.6) is 0 Å². The van der Waals surface area contributed by atoms with Crippen molar-refractivity contribution in [3.05, 3.63) is 22.3 Å². The van der Waals surface area contributed by atoms with E-state index in [0.29, 0.717) is 6.04 Å². The number of hydrogen-bond donors (Lipinski definition) is 1. The summed E-state index contributed by atoms with van der Waals surface area (Å²) in [5.74, 6) is 1.06. The number of rotatable bonds is 4. The molecule has 2 fully saturated rings. The number of halogens is 1. The maximum Gasteiger partial charge on any atom is 0.129 e. The number of nitrogens with one attached hydrogen (secondary N) is 1. The quantitative estimate of drug-likeness (QED) is 0.920. The summed E-state index contributed by atoms with van der Waals surface area (Å²) in [7, 11) is 0. The lowest BCUT2D eigenvalue weighted by molar-refractivity contribution is 0.0932. The van der Waals surface area contributed by atoms with Gasteiger partial charge in [0.05, 0.1) is 19.3 Å². The molecular weight excluding hydrogens is 306 g/mol. The first-order chi connectivity index (χ1) is 9.24. The second kappa shape index (κ2) is 5.77. The van der Waals surface area contributed by atoms with Crippen molar-refractivity contribution in [1.29, 1.82) is 0 Å². The van der Waals surface area contributed by atoms with E-state index in [0.717, 1.165) is 42.6 Å². The van der Waals surface area contributed by atoms with Gasteiger partial charge in [0.1, 0.15) is 5.82 Å². The number of aryl methyl sites for hydroxylation is 1. The summed E-state index contributed by atoms with van der Waals surface area (Å²) in [6, 6.07) is 3.28. The van der Waals surface area contributed by atoms with Crippen molar-refractivity contribution < 1.29 is 4.74 Å². The highest BCUT2D eigenvalue weighted by molar-refractivity contribution is 9.10. The average molecular weight is 326 g/mol. The van der Waals surface area contributed by atoms with Gasteiger partial charge in [-0.2, -0.15) is 0 Å². The maximum atomic E-state index is 5.62. The molecule has 1 unspecified atom stereocenters. The number of aromatic nitrogens is 1. The van der Waals surface area contributed by atoms with Crippen LogP contribution in [-0.2, 0) is 4.74 Å². The standard InChI is InChI=1S/C14H20BrN3O/c1-10-6-14(17-8-13(10)15)18-4-5-19-9-12(18)7-16-11-2-3-11/h6,8,11-12,16H,2-5,7,9H2,1H3. The summed E-state index contributed by atoms with van der Waals surface area (Å²) < 4.78 is 6.69. The molecule has 2 aliphatic rings. The number of morpholine rings is 1. The Labute approximate surface area is 122 Å². The topological polar surface area (TPSA) is 37.4 Å². The van der Waals surface area contributed by atoms with Crippen LogP contribution in [0.2, 0.25) is 0 Å². The van der Waals surface area contributed by atoms with Crippen molar-refractivity contribution in [2.24, 2.45) is 0 Å². The largest absolute Gasteiger partial charge is 0.377 e. The van der Waals surface area contributed by atoms with Crippen LogP contribution in [0.4, 0.5) is 5.82 Å². The minimum absolute atomic E-state index is 0.391. The molecule has 1 N–H and O–H groups in total. The Bertz CT molecular complexity index is 450. The molecular formula is C14H20BrN3O. The van der Waals surface area contributed by atoms with Gasteiger partial charge in [-0.05, 0) is 47.3 Å². The summed E-state index contributed by atoms with van der Waals surface area (Å²) in [6.45, 7) is 5.59. The molecule has 0 amide bonds. The third-order valence-electron chi connectivity index (χ3n) is 3.77. The SMILES string of the molecule is Cc1cc(N2CCOCC2CNC2CC2)ncc1Br. The normalized spacial score (nSPS) is 23.7. The lowest BCUT2D eigenvalue weighted by atomic mass is 10.2. The van der Waals surface area contributed by atoms with Crippen LogP contribution in [0.1, 0.15) is 18.4 Å². The van der Waals surface area contributed by atoms with Crippen LogP contribution in [-0.4, -0.2) is 43.4 Å². The molecule has 1 aromatic heterocycles. The van der Waals surface area contributed by atoms with Crippen LogP contribution in [0, 0.1) is 6.92 Å². The fraction of sp³-hybridized carbons (Fsp3) is 0.643. The van der Waals surface area contributed by atoms with E-state index in [9.17, 15) is 0 Å². The summed E-state index contributed by atoms with van der Waals surface area (Å²) in [5.41, 5.74) is 1.23. The van der Waals surface area contributed by atoms with Crippen molar-refractivity contribution in [1.82, 2.24) is 10.3 Å². The molecule has 19 heavy (non-hydrogen) atoms. The molecule has 0 radical (unpaired) electrons. The van der Waals surface area contributed by atoms with E-state index in [1.54, 1.807) is 0 Å². The monoisotopic (exact) mass is 325 g/mol. The highest BCUT2D eigenvalue weighted by Gasteiger charge is 2.27. The van der Waals surface area contributed by atoms with Crippen LogP contribution in [0.3, 0.4) is 0 Å². The number of nitrogens with zero attached hydrogens (tertiary/aromatic N) is 2. The summed E-state index contributed by atoms with van der Waals surface area (Å²) in [4.78, 5) is 6.92. The van der Waals surface area contributed by atoms with Gasteiger partial charge in [0.2, 0.25) is 0 Å². The lowest BCUT2D eigenvalue weighted by Gasteiger charge is -2.37. The van der Waals surface area contributed by atoms with Gasteiger partial charge in [-0.15, -0.1) is 0 Å². The van der Waals surface area contributed by atoms with Gasteiger partial charge in [0.15, 0.2) is 0 Å². The molecule has 2 heterocycles. The van der Waals surface area contributed by atoms with E-state index in [1.165, 1.54) is 18.4 Å². The first-order valence-corrected chi connectivity index (χ1v) is 7.73. The molecule has 1 saturated carbocycles. The Morgan fingerprint density at radius 1 is 1.53 bits per heavy atom. The number of pyridine rings is 1. The average Bonchev–Trinajstić information content (AvgIpc) is 3.24. The summed E-state index contributed by atoms with van der Waals surface area (Å²) in [5, 5.41) is 3.59. The van der Waals surface area contributed by atoms with Crippen molar-refractivity contribution in [2.75, 3.05) is 31.2 Å². The Morgan fingerprint density at radius 3 is 3.11 bits per heavy atom. The molecule has 1 aromatic rings. The Morgan fingerprint density at radius 2 is 2.37 bits per heavy atom. The predicted molar refractivity (Wildman–Crippen MR) is 79.7 cm³/mol. The van der Waals surface area contributed by atoms with E-state index < -0.39 is 0 Å². The number of hydrogen-bond acceptors (Lipinski definition) is 4. The molecule has 1 atom stereocenters. The van der Waals surface area contributed by atoms with Crippen LogP contribution in [0.15, 0.2) is 16.7 Å². The molecule has 0 bridgehead atoms. The second-order valence-corrected chi connectivity index (χ2v) is 6.25. The molecule has 3 rings (SSSR count). The first-order valence-electron chi connectivity index (χ1n) is 6.94. The van der Waals surface area contributed by atoms with Crippen molar-refractivity contribution in [2.45, 2.75) is 31.8 Å². The predicted octanol–water partition coefficient (Wildman–Crippen LogP) is 2.11. The third-order valence-corrected chi connectivity index (χ3v) is 4.60. The van der Waals surface area contributed by atoms with Gasteiger partial charge in [0.25, 0.3) is 0 Å². The van der Waals surface area contributed by atoms with Gasteiger partial charge in [-0.1, -0.05) is 0 Å². The molecule has 1 aliphatic carbocycles. The summed E-state index contributed by atoms with van der Waals surface area (Å²) in [6.07, 6.45) is 4.54. The fourth-order valence-electron chi connectivity index (χ4n) is 2.40. The molecule has 0 aromatic carbocycles. The summed E-state index contributed by atoms with van der Waals surface area (Å²) >= 11 is 3.51. The fourth-order valence-corrected chi connectivity index (χ4v) is 2.61. The zero-order chi connectivity index (χ0) is 13.2. The molecule has 1 aliphatic heterocycles. The van der Waals surface area contributed by atoms with Crippen LogP contribution < -0.4 is 10.2 Å². The van der Waals surface area contributed by atoms with Gasteiger partial charge in [-0.3, -0.25) is 0 Å². The minimum Gasteiger partial charge on any atom is -0.377 e. The van der Waals surface area contributed by atoms with E-state index in [2.05, 4.69) is 44.1 Å². The van der Waals surface area contributed by atoms with E-state index in [-0.39, 0.29) is 0 Å². The molecule has 0 spiro atoms. The number of anilines is 1. The van der Waals surface area contributed by atoms with Gasteiger partial charge < -0.3 is 15.0 Å². The van der Waals surface area contributed by atoms with Gasteiger partial charge in [0, 0.05) is 29.8 Å². The van der Waals surface area contributed by atoms with Crippen molar-refractivity contribution >= 4 is 21.7 Å². The van der Waals surface area contributed by atoms with Crippen molar-refractivity contribution in [3.63, 3.8) is 0 Å². The molecule has 4 nitrogen and oxygen atoms in total. The second-order valence-electron chi connectivity index (χ2n) is 5.40. The van der Waals surface area contributed by atoms with Crippen molar-refractivity contribution in [3.8, 4) is 0 Å². The Kier molecular flexibility index (Phi) is 4.05. The van der Waals surface area contributed by atoms with E-state index in [1.807, 2.05) is 6.20 Å². The smallest absolute Gasteiger partial charge is 0.129 e. The van der Waals surface area contributed by atoms with E-state index in [4.69, 9.17) is 4.74 Å². The first kappa shape index (κ1) is 13.3. The van der Waals surface area contributed by atoms with Gasteiger partial charge >= 0.3 is 0 Å². The van der Waals surface area contributed by atoms with Crippen LogP contribution in [0.25, 0.3) is 0 Å². The highest BCUT2D eigenvalue weighted by atomic mass is 79.9. The van der Waals surface area contributed by atoms with Crippen LogP contribution >= 0.6 is 15.9 Å². The third kappa shape index (κ3) is 3.27. The number of ether oxygens (including phenoxy) is 1. The highest BCUT2D eigenvalue weighted by Crippen LogP contribution is 2.24. The molecule has 104 valence electrons. The lowest BCUT2D eigenvalue weighted by Crippen LogP contribution is -2.51. The Hall–Kier alpha value is -0.650. The van der Waals surface area contributed by atoms with Gasteiger partial charge in [-0.25, -0.2) is 4.98 Å². The Balaban J connectivity index is 1.72. The zero-order valence-corrected chi connectivity index (χ0v) is 12.8. The maximum absolute atomic E-state index is 5.62. The zero-order valence-electron chi connectivity index (χ0n) is 11.2. The minimum atomic E-state index is 0.391. The van der Waals surface area contributed by atoms with E-state index >= 15 is 0 Å². The molecule has 1 saturated heterocycles.